The zero-order chi connectivity index (χ0) is 21.9. The first kappa shape index (κ1) is 21.8. The Labute approximate surface area is 180 Å². The quantitative estimate of drug-likeness (QED) is 0.809. The van der Waals surface area contributed by atoms with Crippen molar-refractivity contribution in [3.63, 3.8) is 0 Å². The van der Waals surface area contributed by atoms with Crippen LogP contribution in [0.3, 0.4) is 0 Å². The number of benzene rings is 1. The van der Waals surface area contributed by atoms with Gasteiger partial charge in [0.25, 0.3) is 11.8 Å². The Bertz CT molecular complexity index is 921. The summed E-state index contributed by atoms with van der Waals surface area (Å²) in [5.41, 5.74) is 1.33. The third kappa shape index (κ3) is 4.99. The lowest BCUT2D eigenvalue weighted by Crippen LogP contribution is -2.53. The van der Waals surface area contributed by atoms with Crippen LogP contribution in [0.25, 0.3) is 0 Å². The second-order valence-corrected chi connectivity index (χ2v) is 8.94. The summed E-state index contributed by atoms with van der Waals surface area (Å²) < 4.78 is 5.53. The van der Waals surface area contributed by atoms with E-state index in [-0.39, 0.29) is 17.9 Å². The predicted molar refractivity (Wildman–Crippen MR) is 116 cm³/mol. The number of amides is 3. The van der Waals surface area contributed by atoms with E-state index in [1.807, 2.05) is 37.6 Å². The monoisotopic (exact) mass is 429 g/mol. The lowest BCUT2D eigenvalue weighted by atomic mass is 9.99. The zero-order valence-electron chi connectivity index (χ0n) is 17.7. The topological polar surface area (TPSA) is 79.0 Å². The average molecular weight is 430 g/mol. The summed E-state index contributed by atoms with van der Waals surface area (Å²) in [4.78, 5) is 41.3. The van der Waals surface area contributed by atoms with Crippen molar-refractivity contribution in [2.45, 2.75) is 32.4 Å². The second-order valence-electron chi connectivity index (χ2n) is 8.16. The van der Waals surface area contributed by atoms with Crippen molar-refractivity contribution in [1.82, 2.24) is 15.1 Å². The van der Waals surface area contributed by atoms with Crippen LogP contribution < -0.4 is 5.32 Å². The van der Waals surface area contributed by atoms with E-state index in [4.69, 9.17) is 4.74 Å². The number of hydrogen-bond acceptors (Lipinski definition) is 5. The van der Waals surface area contributed by atoms with Gasteiger partial charge in [0.2, 0.25) is 0 Å². The SMILES string of the molecule is CNC(=O)c1cccc(C2CN(C(=O)OC(C)(C)C)CCN2C(=O)c2ccsc2)c1. The molecule has 1 saturated heterocycles. The van der Waals surface area contributed by atoms with Gasteiger partial charge in [0, 0.05) is 37.6 Å². The normalized spacial score (nSPS) is 16.9. The van der Waals surface area contributed by atoms with E-state index in [1.54, 1.807) is 41.1 Å². The number of carbonyl (C=O) groups is 3. The number of piperazine rings is 1. The molecule has 160 valence electrons. The lowest BCUT2D eigenvalue weighted by molar-refractivity contribution is 0.00408. The zero-order valence-corrected chi connectivity index (χ0v) is 18.5. The van der Waals surface area contributed by atoms with Gasteiger partial charge in [-0.05, 0) is 49.9 Å². The highest BCUT2D eigenvalue weighted by Gasteiger charge is 2.36. The van der Waals surface area contributed by atoms with Crippen LogP contribution in [0, 0.1) is 0 Å². The standard InChI is InChI=1S/C22H27N3O4S/c1-22(2,3)29-21(28)24-9-10-25(20(27)17-8-11-30-14-17)18(13-24)15-6-5-7-16(12-15)19(26)23-4/h5-8,11-12,14,18H,9-10,13H2,1-4H3,(H,23,26). The lowest BCUT2D eigenvalue weighted by Gasteiger charge is -2.42. The summed E-state index contributed by atoms with van der Waals surface area (Å²) in [6.45, 7) is 6.53. The van der Waals surface area contributed by atoms with E-state index in [0.29, 0.717) is 30.8 Å². The van der Waals surface area contributed by atoms with E-state index in [0.717, 1.165) is 5.56 Å². The fourth-order valence-corrected chi connectivity index (χ4v) is 4.02. The predicted octanol–water partition coefficient (Wildman–Crippen LogP) is 3.54. The molecule has 3 rings (SSSR count). The Balaban J connectivity index is 1.92. The minimum Gasteiger partial charge on any atom is -0.444 e. The Hall–Kier alpha value is -2.87. The van der Waals surface area contributed by atoms with E-state index in [2.05, 4.69) is 5.32 Å². The van der Waals surface area contributed by atoms with E-state index >= 15 is 0 Å². The smallest absolute Gasteiger partial charge is 0.410 e. The van der Waals surface area contributed by atoms with Crippen LogP contribution in [0.1, 0.15) is 53.1 Å². The molecular formula is C22H27N3O4S. The molecule has 7 nitrogen and oxygen atoms in total. The van der Waals surface area contributed by atoms with Gasteiger partial charge in [-0.1, -0.05) is 12.1 Å². The van der Waals surface area contributed by atoms with Crippen LogP contribution in [-0.4, -0.2) is 60.0 Å². The van der Waals surface area contributed by atoms with Gasteiger partial charge in [-0.25, -0.2) is 4.79 Å². The molecule has 1 aromatic heterocycles. The molecule has 0 radical (unpaired) electrons. The molecular weight excluding hydrogens is 402 g/mol. The summed E-state index contributed by atoms with van der Waals surface area (Å²) in [5.74, 6) is -0.289. The molecule has 0 bridgehead atoms. The largest absolute Gasteiger partial charge is 0.444 e. The minimum atomic E-state index is -0.602. The second kappa shape index (κ2) is 8.87. The highest BCUT2D eigenvalue weighted by Crippen LogP contribution is 2.29. The molecule has 30 heavy (non-hydrogen) atoms. The Kier molecular flexibility index (Phi) is 6.45. The molecule has 3 amide bonds. The molecule has 1 N–H and O–H groups in total. The Morgan fingerprint density at radius 1 is 1.13 bits per heavy atom. The van der Waals surface area contributed by atoms with Crippen molar-refractivity contribution in [2.75, 3.05) is 26.7 Å². The molecule has 1 aromatic carbocycles. The van der Waals surface area contributed by atoms with Crippen molar-refractivity contribution in [1.29, 1.82) is 0 Å². The first-order valence-electron chi connectivity index (χ1n) is 9.83. The van der Waals surface area contributed by atoms with Crippen LogP contribution >= 0.6 is 11.3 Å². The van der Waals surface area contributed by atoms with Crippen LogP contribution in [0.2, 0.25) is 0 Å². The molecule has 1 aliphatic rings. The molecule has 2 aromatic rings. The van der Waals surface area contributed by atoms with Gasteiger partial charge in [-0.2, -0.15) is 11.3 Å². The third-order valence-electron chi connectivity index (χ3n) is 4.82. The minimum absolute atomic E-state index is 0.0876. The number of thiophene rings is 1. The van der Waals surface area contributed by atoms with Crippen molar-refractivity contribution in [3.8, 4) is 0 Å². The van der Waals surface area contributed by atoms with Crippen LogP contribution in [-0.2, 0) is 4.74 Å². The van der Waals surface area contributed by atoms with Crippen LogP contribution in [0.5, 0.6) is 0 Å². The molecule has 1 fully saturated rings. The molecule has 1 atom stereocenters. The van der Waals surface area contributed by atoms with E-state index < -0.39 is 11.7 Å². The summed E-state index contributed by atoms with van der Waals surface area (Å²) in [5, 5.41) is 6.30. The van der Waals surface area contributed by atoms with Crippen molar-refractivity contribution in [3.05, 3.63) is 57.8 Å². The maximum Gasteiger partial charge on any atom is 0.410 e. The van der Waals surface area contributed by atoms with Crippen LogP contribution in [0.4, 0.5) is 4.79 Å². The van der Waals surface area contributed by atoms with Gasteiger partial charge in [0.15, 0.2) is 0 Å². The first-order chi connectivity index (χ1) is 14.2. The molecule has 8 heteroatoms. The van der Waals surface area contributed by atoms with Crippen molar-refractivity contribution >= 4 is 29.2 Å². The molecule has 2 heterocycles. The molecule has 0 saturated carbocycles. The van der Waals surface area contributed by atoms with Gasteiger partial charge < -0.3 is 19.9 Å². The fraction of sp³-hybridized carbons (Fsp3) is 0.409. The first-order valence-corrected chi connectivity index (χ1v) is 10.8. The third-order valence-corrected chi connectivity index (χ3v) is 5.50. The van der Waals surface area contributed by atoms with Gasteiger partial charge in [0.05, 0.1) is 11.6 Å². The molecule has 1 unspecified atom stereocenters. The van der Waals surface area contributed by atoms with Gasteiger partial charge in [0.1, 0.15) is 5.60 Å². The van der Waals surface area contributed by atoms with E-state index in [9.17, 15) is 14.4 Å². The maximum absolute atomic E-state index is 13.1. The van der Waals surface area contributed by atoms with Gasteiger partial charge in [-0.3, -0.25) is 9.59 Å². The highest BCUT2D eigenvalue weighted by molar-refractivity contribution is 7.08. The highest BCUT2D eigenvalue weighted by atomic mass is 32.1. The summed E-state index contributed by atoms with van der Waals surface area (Å²) >= 11 is 1.47. The summed E-state index contributed by atoms with van der Waals surface area (Å²) in [7, 11) is 1.58. The summed E-state index contributed by atoms with van der Waals surface area (Å²) in [6, 6.07) is 8.58. The number of hydrogen-bond donors (Lipinski definition) is 1. The molecule has 0 spiro atoms. The number of nitrogens with zero attached hydrogens (tertiary/aromatic N) is 2. The molecule has 0 aliphatic carbocycles. The van der Waals surface area contributed by atoms with Crippen LogP contribution in [0.15, 0.2) is 41.1 Å². The van der Waals surface area contributed by atoms with Crippen molar-refractivity contribution in [2.24, 2.45) is 0 Å². The number of carbonyl (C=O) groups excluding carboxylic acids is 3. The average Bonchev–Trinajstić information content (AvgIpc) is 3.26. The van der Waals surface area contributed by atoms with Gasteiger partial charge in [-0.15, -0.1) is 0 Å². The maximum atomic E-state index is 13.1. The Morgan fingerprint density at radius 2 is 1.90 bits per heavy atom. The van der Waals surface area contributed by atoms with E-state index in [1.165, 1.54) is 11.3 Å². The molecule has 1 aliphatic heterocycles. The fourth-order valence-electron chi connectivity index (χ4n) is 3.39. The number of ether oxygens (including phenoxy) is 1. The number of rotatable bonds is 3. The Morgan fingerprint density at radius 3 is 2.53 bits per heavy atom. The number of nitrogens with one attached hydrogen (secondary N) is 1. The van der Waals surface area contributed by atoms with Crippen molar-refractivity contribution < 1.29 is 19.1 Å². The summed E-state index contributed by atoms with van der Waals surface area (Å²) in [6.07, 6.45) is -0.405. The van der Waals surface area contributed by atoms with Gasteiger partial charge >= 0.3 is 6.09 Å².